The van der Waals surface area contributed by atoms with E-state index in [9.17, 15) is 0 Å². The molecule has 4 fully saturated rings. The second-order valence-electron chi connectivity index (χ2n) is 19.5. The van der Waals surface area contributed by atoms with Crippen LogP contribution in [0.4, 0.5) is 17.1 Å². The molecule has 58 heavy (non-hydrogen) atoms. The van der Waals surface area contributed by atoms with Crippen molar-refractivity contribution in [1.82, 2.24) is 0 Å². The summed E-state index contributed by atoms with van der Waals surface area (Å²) in [5.74, 6) is 3.62. The lowest BCUT2D eigenvalue weighted by atomic mass is 9.49. The van der Waals surface area contributed by atoms with Crippen LogP contribution >= 0.6 is 0 Å². The van der Waals surface area contributed by atoms with Crippen molar-refractivity contribution in [2.75, 3.05) is 4.90 Å². The molecule has 2 heteroatoms. The topological polar surface area (TPSA) is 3.24 Å². The number of anilines is 3. The van der Waals surface area contributed by atoms with Crippen LogP contribution in [0.5, 0.6) is 0 Å². The smallest absolute Gasteiger partial charge is 0.0775 e. The van der Waals surface area contributed by atoms with Crippen molar-refractivity contribution >= 4 is 30.3 Å². The third-order valence-corrected chi connectivity index (χ3v) is 17.8. The number of rotatable bonds is 7. The molecule has 6 atom stereocenters. The molecule has 0 amide bonds. The first-order valence-electron chi connectivity index (χ1n) is 21.8. The Labute approximate surface area is 345 Å². The minimum Gasteiger partial charge on any atom is -0.311 e. The van der Waals surface area contributed by atoms with Crippen molar-refractivity contribution in [3.8, 4) is 44.5 Å². The van der Waals surface area contributed by atoms with Gasteiger partial charge in [-0.25, -0.2) is 0 Å². The fourth-order valence-corrected chi connectivity index (χ4v) is 14.5. The van der Waals surface area contributed by atoms with Gasteiger partial charge in [0, 0.05) is 22.5 Å². The Morgan fingerprint density at radius 3 is 1.59 bits per heavy atom. The number of hydrogen-bond acceptors (Lipinski definition) is 1. The summed E-state index contributed by atoms with van der Waals surface area (Å²) in [4.78, 5) is 2.39. The van der Waals surface area contributed by atoms with Gasteiger partial charge < -0.3 is 4.90 Å². The number of hydrogen-bond donors (Lipinski definition) is 0. The van der Waals surface area contributed by atoms with Crippen LogP contribution in [-0.2, 0) is 5.41 Å². The molecule has 7 aromatic rings. The van der Waals surface area contributed by atoms with Gasteiger partial charge >= 0.3 is 0 Å². The van der Waals surface area contributed by atoms with Crippen LogP contribution in [0.15, 0.2) is 170 Å². The highest BCUT2D eigenvalue weighted by Gasteiger charge is 2.76. The van der Waals surface area contributed by atoms with Gasteiger partial charge in [0.05, 0.1) is 8.07 Å². The molecule has 2 spiro atoms. The van der Waals surface area contributed by atoms with E-state index in [0.717, 1.165) is 35.0 Å². The van der Waals surface area contributed by atoms with E-state index < -0.39 is 8.07 Å². The Morgan fingerprint density at radius 2 is 0.948 bits per heavy atom. The Balaban J connectivity index is 0.849. The van der Waals surface area contributed by atoms with Crippen molar-refractivity contribution in [3.05, 3.63) is 181 Å². The van der Waals surface area contributed by atoms with Gasteiger partial charge in [-0.15, -0.1) is 0 Å². The highest BCUT2D eigenvalue weighted by atomic mass is 28.3. The van der Waals surface area contributed by atoms with E-state index in [0.29, 0.717) is 5.41 Å². The number of benzene rings is 7. The van der Waals surface area contributed by atoms with Crippen LogP contribution in [0.2, 0.25) is 19.6 Å². The Morgan fingerprint density at radius 1 is 0.448 bits per heavy atom. The summed E-state index contributed by atoms with van der Waals surface area (Å²) in [7, 11) is -1.42. The van der Waals surface area contributed by atoms with E-state index in [2.05, 4.69) is 194 Å². The van der Waals surface area contributed by atoms with E-state index >= 15 is 0 Å². The van der Waals surface area contributed by atoms with Gasteiger partial charge in [0.15, 0.2) is 0 Å². The minimum atomic E-state index is -1.42. The normalized spacial score (nSPS) is 25.6. The second-order valence-corrected chi connectivity index (χ2v) is 24.6. The van der Waals surface area contributed by atoms with Crippen LogP contribution in [0.3, 0.4) is 0 Å². The average Bonchev–Trinajstić information content (AvgIpc) is 3.72. The lowest BCUT2D eigenvalue weighted by Crippen LogP contribution is -2.50. The molecular weight excluding hydrogens is 715 g/mol. The van der Waals surface area contributed by atoms with Gasteiger partial charge in [0.2, 0.25) is 0 Å². The summed E-state index contributed by atoms with van der Waals surface area (Å²) in [5, 5.41) is 1.47. The lowest BCUT2D eigenvalue weighted by Gasteiger charge is -2.54. The predicted octanol–water partition coefficient (Wildman–Crippen LogP) is 14.4. The number of nitrogens with zero attached hydrogens (tertiary/aromatic N) is 1. The molecule has 0 radical (unpaired) electrons. The molecule has 0 aromatic heterocycles. The Kier molecular flexibility index (Phi) is 7.47. The summed E-state index contributed by atoms with van der Waals surface area (Å²) in [6.45, 7) is 7.24. The molecule has 0 heterocycles. The Bertz CT molecular complexity index is 2690. The maximum atomic E-state index is 2.56. The monoisotopic (exact) mass is 765 g/mol. The molecule has 6 unspecified atom stereocenters. The first-order chi connectivity index (χ1) is 28.3. The average molecular weight is 766 g/mol. The van der Waals surface area contributed by atoms with Crippen LogP contribution in [0.25, 0.3) is 44.5 Å². The molecule has 12 rings (SSSR count). The van der Waals surface area contributed by atoms with E-state index in [4.69, 9.17) is 0 Å². The first kappa shape index (κ1) is 34.6. The zero-order valence-corrected chi connectivity index (χ0v) is 35.0. The molecule has 5 aliphatic rings. The molecule has 1 nitrogen and oxygen atoms in total. The summed E-state index contributed by atoms with van der Waals surface area (Å²) in [5.41, 5.74) is 18.2. The lowest BCUT2D eigenvalue weighted by molar-refractivity contribution is -0.0193. The summed E-state index contributed by atoms with van der Waals surface area (Å²) >= 11 is 0. The summed E-state index contributed by atoms with van der Waals surface area (Å²) in [6, 6.07) is 64.4. The van der Waals surface area contributed by atoms with Gasteiger partial charge in [-0.05, 0) is 159 Å². The molecule has 5 aliphatic carbocycles. The summed E-state index contributed by atoms with van der Waals surface area (Å²) < 4.78 is 0. The maximum Gasteiger partial charge on any atom is 0.0775 e. The van der Waals surface area contributed by atoms with Crippen molar-refractivity contribution < 1.29 is 0 Å². The second kappa shape index (κ2) is 12.5. The fraction of sp³-hybridized carbons (Fsp3) is 0.250. The standard InChI is InChI=1S/C56H51NSi/c1-58(2,3)49-28-26-48(27-29-49)57(46-22-17-40(18-23-46)38-9-5-4-6-10-38)47-24-19-41(20-25-47)39-13-15-42(16-14-39)43-21-30-53-51(33-43)50-11-7-8-12-52(50)56(53)45-32-37-31-44-34-54(56)55(44,35-37)36-45/h4-30,33,37,44-45,54H,31-32,34-36H2,1-3H3. The highest BCUT2D eigenvalue weighted by molar-refractivity contribution is 6.88. The van der Waals surface area contributed by atoms with Gasteiger partial charge in [0.25, 0.3) is 0 Å². The molecule has 3 bridgehead atoms. The van der Waals surface area contributed by atoms with Crippen LogP contribution in [-0.4, -0.2) is 8.07 Å². The van der Waals surface area contributed by atoms with Crippen LogP contribution in [0, 0.1) is 29.1 Å². The third kappa shape index (κ3) is 4.94. The minimum absolute atomic E-state index is 0.241. The molecule has 0 saturated heterocycles. The predicted molar refractivity (Wildman–Crippen MR) is 246 cm³/mol. The van der Waals surface area contributed by atoms with E-state index in [-0.39, 0.29) is 5.41 Å². The molecule has 0 N–H and O–H groups in total. The maximum absolute atomic E-state index is 2.56. The SMILES string of the molecule is C[Si](C)(C)c1ccc(N(c2ccc(-c3ccccc3)cc2)c2ccc(-c3ccc(-c4ccc5c(c4)-c4ccccc4C54C5CC6CC7CC4C7(C6)C5)cc3)cc2)cc1. The molecule has 284 valence electrons. The molecule has 0 aliphatic heterocycles. The highest BCUT2D eigenvalue weighted by Crippen LogP contribution is 2.83. The largest absolute Gasteiger partial charge is 0.311 e. The van der Waals surface area contributed by atoms with Crippen molar-refractivity contribution in [3.63, 3.8) is 0 Å². The summed E-state index contributed by atoms with van der Waals surface area (Å²) in [6.07, 6.45) is 7.41. The fourth-order valence-electron chi connectivity index (χ4n) is 13.3. The number of fused-ring (bicyclic) bond motifs is 9. The van der Waals surface area contributed by atoms with Crippen molar-refractivity contribution in [2.45, 2.75) is 57.2 Å². The van der Waals surface area contributed by atoms with Crippen molar-refractivity contribution in [2.24, 2.45) is 29.1 Å². The molecule has 4 saturated carbocycles. The molecular formula is C56H51NSi. The quantitative estimate of drug-likeness (QED) is 0.146. The third-order valence-electron chi connectivity index (χ3n) is 15.8. The van der Waals surface area contributed by atoms with Gasteiger partial charge in [-0.1, -0.05) is 152 Å². The van der Waals surface area contributed by atoms with Gasteiger partial charge in [-0.2, -0.15) is 0 Å². The van der Waals surface area contributed by atoms with E-state index in [1.165, 1.54) is 87.5 Å². The van der Waals surface area contributed by atoms with Crippen LogP contribution < -0.4 is 10.1 Å². The zero-order valence-electron chi connectivity index (χ0n) is 34.0. The van der Waals surface area contributed by atoms with Crippen LogP contribution in [0.1, 0.15) is 43.2 Å². The first-order valence-corrected chi connectivity index (χ1v) is 25.3. The van der Waals surface area contributed by atoms with Gasteiger partial charge in [-0.3, -0.25) is 0 Å². The van der Waals surface area contributed by atoms with Gasteiger partial charge in [0.1, 0.15) is 0 Å². The zero-order chi connectivity index (χ0) is 38.8. The Hall–Kier alpha value is -5.44. The van der Waals surface area contributed by atoms with E-state index in [1.54, 1.807) is 11.1 Å². The molecule has 7 aromatic carbocycles. The van der Waals surface area contributed by atoms with Crippen molar-refractivity contribution in [1.29, 1.82) is 0 Å². The van der Waals surface area contributed by atoms with E-state index in [1.807, 2.05) is 0 Å².